The Hall–Kier alpha value is -1.62. The van der Waals surface area contributed by atoms with Crippen molar-refractivity contribution in [1.82, 2.24) is 10.3 Å². The van der Waals surface area contributed by atoms with E-state index < -0.39 is 5.91 Å². The Balaban J connectivity index is 1.82. The van der Waals surface area contributed by atoms with E-state index in [2.05, 4.69) is 15.6 Å². The summed E-state index contributed by atoms with van der Waals surface area (Å²) in [7, 11) is 0. The zero-order valence-electron chi connectivity index (χ0n) is 12.8. The summed E-state index contributed by atoms with van der Waals surface area (Å²) in [5, 5.41) is 7.14. The minimum Gasteiger partial charge on any atom is -0.367 e. The molecule has 1 atom stereocenters. The van der Waals surface area contributed by atoms with Crippen LogP contribution in [0.2, 0.25) is 0 Å². The van der Waals surface area contributed by atoms with Gasteiger partial charge in [-0.15, -0.1) is 0 Å². The molecule has 1 amide bonds. The van der Waals surface area contributed by atoms with Crippen LogP contribution in [0.5, 0.6) is 0 Å². The van der Waals surface area contributed by atoms with Gasteiger partial charge in [-0.1, -0.05) is 0 Å². The number of anilines is 1. The van der Waals surface area contributed by atoms with Crippen LogP contribution in [0.15, 0.2) is 6.07 Å². The van der Waals surface area contributed by atoms with Gasteiger partial charge in [0.2, 0.25) is 0 Å². The normalized spacial score (nSPS) is 23.6. The summed E-state index contributed by atoms with van der Waals surface area (Å²) >= 11 is 0. The van der Waals surface area contributed by atoms with Crippen molar-refractivity contribution in [3.05, 3.63) is 22.9 Å². The third-order valence-corrected chi connectivity index (χ3v) is 4.87. The first kappa shape index (κ1) is 14.3. The Labute approximate surface area is 125 Å². The SMILES string of the molecule is Cc1cc(C)c(C(N)=O)c(NC2CCNC3(CCC3)C2)n1. The Morgan fingerprint density at radius 1 is 1.48 bits per heavy atom. The number of piperidine rings is 1. The number of aromatic nitrogens is 1. The van der Waals surface area contributed by atoms with Crippen LogP contribution in [-0.2, 0) is 0 Å². The molecular weight excluding hydrogens is 264 g/mol. The number of aryl methyl sites for hydroxylation is 2. The molecule has 5 nitrogen and oxygen atoms in total. The van der Waals surface area contributed by atoms with Crippen molar-refractivity contribution in [3.8, 4) is 0 Å². The van der Waals surface area contributed by atoms with E-state index in [9.17, 15) is 4.79 Å². The predicted molar refractivity (Wildman–Crippen MR) is 83.5 cm³/mol. The molecule has 2 fully saturated rings. The maximum Gasteiger partial charge on any atom is 0.252 e. The highest BCUT2D eigenvalue weighted by molar-refractivity contribution is 5.99. The van der Waals surface area contributed by atoms with Crippen LogP contribution in [0.4, 0.5) is 5.82 Å². The highest BCUT2D eigenvalue weighted by Crippen LogP contribution is 2.39. The van der Waals surface area contributed by atoms with Gasteiger partial charge in [0.25, 0.3) is 5.91 Å². The number of pyridine rings is 1. The molecule has 21 heavy (non-hydrogen) atoms. The van der Waals surface area contributed by atoms with Gasteiger partial charge in [-0.25, -0.2) is 4.98 Å². The van der Waals surface area contributed by atoms with Crippen molar-refractivity contribution in [1.29, 1.82) is 0 Å². The Morgan fingerprint density at radius 3 is 2.86 bits per heavy atom. The van der Waals surface area contributed by atoms with E-state index in [0.29, 0.717) is 23.0 Å². The summed E-state index contributed by atoms with van der Waals surface area (Å²) in [6, 6.07) is 2.26. The number of carbonyl (C=O) groups excluding carboxylic acids is 1. The van der Waals surface area contributed by atoms with Crippen molar-refractivity contribution in [2.24, 2.45) is 5.73 Å². The highest BCUT2D eigenvalue weighted by atomic mass is 16.1. The van der Waals surface area contributed by atoms with Crippen LogP contribution in [0.25, 0.3) is 0 Å². The average molecular weight is 288 g/mol. The number of amides is 1. The molecule has 114 valence electrons. The molecule has 1 unspecified atom stereocenters. The first-order valence-electron chi connectivity index (χ1n) is 7.79. The molecule has 2 aliphatic rings. The maximum absolute atomic E-state index is 11.7. The average Bonchev–Trinajstić information content (AvgIpc) is 2.35. The molecule has 1 aliphatic carbocycles. The van der Waals surface area contributed by atoms with E-state index in [1.807, 2.05) is 19.9 Å². The smallest absolute Gasteiger partial charge is 0.252 e. The molecule has 1 aromatic rings. The molecule has 0 aromatic carbocycles. The number of hydrogen-bond acceptors (Lipinski definition) is 4. The molecule has 1 aromatic heterocycles. The van der Waals surface area contributed by atoms with Gasteiger partial charge in [-0.3, -0.25) is 4.79 Å². The molecule has 4 N–H and O–H groups in total. The van der Waals surface area contributed by atoms with Crippen molar-refractivity contribution in [2.45, 2.75) is 57.5 Å². The summed E-state index contributed by atoms with van der Waals surface area (Å²) in [5.41, 5.74) is 8.18. The van der Waals surface area contributed by atoms with E-state index in [4.69, 9.17) is 5.73 Å². The molecule has 5 heteroatoms. The van der Waals surface area contributed by atoms with Crippen molar-refractivity contribution in [3.63, 3.8) is 0 Å². The molecule has 1 spiro atoms. The van der Waals surface area contributed by atoms with Crippen LogP contribution in [0.3, 0.4) is 0 Å². The molecule has 1 saturated carbocycles. The minimum absolute atomic E-state index is 0.321. The Bertz CT molecular complexity index is 566. The fraction of sp³-hybridized carbons (Fsp3) is 0.625. The molecule has 2 heterocycles. The first-order valence-corrected chi connectivity index (χ1v) is 7.79. The fourth-order valence-corrected chi connectivity index (χ4v) is 3.71. The summed E-state index contributed by atoms with van der Waals surface area (Å²) in [6.45, 7) is 4.88. The van der Waals surface area contributed by atoms with Crippen LogP contribution in [-0.4, -0.2) is 29.0 Å². The maximum atomic E-state index is 11.7. The van der Waals surface area contributed by atoms with Gasteiger partial charge in [0.1, 0.15) is 5.82 Å². The van der Waals surface area contributed by atoms with E-state index in [0.717, 1.165) is 30.6 Å². The lowest BCUT2D eigenvalue weighted by molar-refractivity contribution is 0.1000. The van der Waals surface area contributed by atoms with Gasteiger partial charge < -0.3 is 16.4 Å². The second-order valence-corrected chi connectivity index (χ2v) is 6.56. The Kier molecular flexibility index (Phi) is 3.61. The molecule has 0 bridgehead atoms. The summed E-state index contributed by atoms with van der Waals surface area (Å²) in [6.07, 6.45) is 5.98. The lowest BCUT2D eigenvalue weighted by Crippen LogP contribution is -2.58. The third kappa shape index (κ3) is 2.75. The zero-order valence-corrected chi connectivity index (χ0v) is 12.8. The summed E-state index contributed by atoms with van der Waals surface area (Å²) in [4.78, 5) is 16.2. The second-order valence-electron chi connectivity index (χ2n) is 6.56. The van der Waals surface area contributed by atoms with Gasteiger partial charge in [0, 0.05) is 17.3 Å². The number of carbonyl (C=O) groups is 1. The molecular formula is C16H24N4O. The first-order chi connectivity index (χ1) is 9.99. The largest absolute Gasteiger partial charge is 0.367 e. The van der Waals surface area contributed by atoms with E-state index in [-0.39, 0.29) is 0 Å². The molecule has 1 saturated heterocycles. The number of hydrogen-bond donors (Lipinski definition) is 3. The highest BCUT2D eigenvalue weighted by Gasteiger charge is 2.41. The van der Waals surface area contributed by atoms with Gasteiger partial charge in [0.05, 0.1) is 5.56 Å². The Morgan fingerprint density at radius 2 is 2.24 bits per heavy atom. The van der Waals surface area contributed by atoms with Crippen LogP contribution in [0.1, 0.15) is 53.7 Å². The fourth-order valence-electron chi connectivity index (χ4n) is 3.71. The minimum atomic E-state index is -0.408. The lowest BCUT2D eigenvalue weighted by Gasteiger charge is -2.48. The number of nitrogens with zero attached hydrogens (tertiary/aromatic N) is 1. The second kappa shape index (κ2) is 5.30. The van der Waals surface area contributed by atoms with Crippen molar-refractivity contribution >= 4 is 11.7 Å². The van der Waals surface area contributed by atoms with E-state index >= 15 is 0 Å². The topological polar surface area (TPSA) is 80.0 Å². The number of nitrogens with two attached hydrogens (primary N) is 1. The van der Waals surface area contributed by atoms with E-state index in [1.54, 1.807) is 0 Å². The number of nitrogens with one attached hydrogen (secondary N) is 2. The van der Waals surface area contributed by atoms with Crippen LogP contribution >= 0.6 is 0 Å². The lowest BCUT2D eigenvalue weighted by atomic mass is 9.70. The van der Waals surface area contributed by atoms with Crippen LogP contribution < -0.4 is 16.4 Å². The standard InChI is InChI=1S/C16H24N4O/c1-10-8-11(2)19-15(13(10)14(17)21)20-12-4-7-18-16(9-12)5-3-6-16/h8,12,18H,3-7,9H2,1-2H3,(H2,17,21)(H,19,20). The van der Waals surface area contributed by atoms with Gasteiger partial charge in [-0.2, -0.15) is 0 Å². The number of rotatable bonds is 3. The van der Waals surface area contributed by atoms with Crippen molar-refractivity contribution in [2.75, 3.05) is 11.9 Å². The summed E-state index contributed by atoms with van der Waals surface area (Å²) < 4.78 is 0. The molecule has 0 radical (unpaired) electrons. The predicted octanol–water partition coefficient (Wildman–Crippen LogP) is 1.88. The van der Waals surface area contributed by atoms with Gasteiger partial charge in [0.15, 0.2) is 0 Å². The summed E-state index contributed by atoms with van der Waals surface area (Å²) in [5.74, 6) is 0.246. The van der Waals surface area contributed by atoms with Crippen molar-refractivity contribution < 1.29 is 4.79 Å². The molecule has 3 rings (SSSR count). The van der Waals surface area contributed by atoms with Crippen LogP contribution in [0, 0.1) is 13.8 Å². The third-order valence-electron chi connectivity index (χ3n) is 4.87. The molecule has 1 aliphatic heterocycles. The quantitative estimate of drug-likeness (QED) is 0.793. The van der Waals surface area contributed by atoms with Gasteiger partial charge in [-0.05, 0) is 64.1 Å². The number of primary amides is 1. The van der Waals surface area contributed by atoms with E-state index in [1.165, 1.54) is 19.3 Å². The monoisotopic (exact) mass is 288 g/mol. The van der Waals surface area contributed by atoms with Gasteiger partial charge >= 0.3 is 0 Å². The zero-order chi connectivity index (χ0) is 15.0.